The predicted molar refractivity (Wildman–Crippen MR) is 119 cm³/mol. The van der Waals surface area contributed by atoms with Gasteiger partial charge in [-0.1, -0.05) is 26.7 Å². The van der Waals surface area contributed by atoms with Gasteiger partial charge in [-0.15, -0.1) is 0 Å². The molecule has 3 N–H and O–H groups in total. The number of nitrogens with one attached hydrogen (secondary N) is 3. The first-order chi connectivity index (χ1) is 14.2. The molecule has 1 aliphatic rings. The molecule has 1 amide bonds. The van der Waals surface area contributed by atoms with Crippen LogP contribution in [0.4, 0.5) is 5.82 Å². The van der Waals surface area contributed by atoms with Crippen LogP contribution < -0.4 is 10.6 Å². The summed E-state index contributed by atoms with van der Waals surface area (Å²) < 4.78 is 0. The quantitative estimate of drug-likeness (QED) is 0.469. The molecule has 0 aliphatic heterocycles. The fourth-order valence-electron chi connectivity index (χ4n) is 4.00. The van der Waals surface area contributed by atoms with E-state index in [2.05, 4.69) is 39.4 Å². The number of ketones is 1. The Bertz CT molecular complexity index is 1010. The summed E-state index contributed by atoms with van der Waals surface area (Å²) in [5.74, 6) is 0.711. The van der Waals surface area contributed by atoms with Gasteiger partial charge in [0.05, 0.1) is 11.1 Å². The van der Waals surface area contributed by atoms with Gasteiger partial charge in [0.2, 0.25) is 5.91 Å². The SMILES string of the molecule is CC(=O)/C(=C\C(C)=C(/C)C(=O)NC1(C(C)C)CCCC1)Nc1ncnc2[nH]ccc12. The second-order valence-corrected chi connectivity index (χ2v) is 8.48. The molecular formula is C23H31N5O2. The topological polar surface area (TPSA) is 99.8 Å². The van der Waals surface area contributed by atoms with Gasteiger partial charge >= 0.3 is 0 Å². The van der Waals surface area contributed by atoms with Crippen LogP contribution in [0.2, 0.25) is 0 Å². The minimum absolute atomic E-state index is 0.0719. The molecule has 2 heterocycles. The molecule has 1 saturated carbocycles. The van der Waals surface area contributed by atoms with Crippen molar-refractivity contribution in [3.8, 4) is 0 Å². The first-order valence-electron chi connectivity index (χ1n) is 10.5. The first-order valence-corrected chi connectivity index (χ1v) is 10.5. The Kier molecular flexibility index (Phi) is 6.39. The van der Waals surface area contributed by atoms with Gasteiger partial charge in [-0.25, -0.2) is 9.97 Å². The molecule has 0 saturated heterocycles. The van der Waals surface area contributed by atoms with Crippen molar-refractivity contribution in [2.24, 2.45) is 5.92 Å². The highest BCUT2D eigenvalue weighted by Crippen LogP contribution is 2.36. The van der Waals surface area contributed by atoms with Gasteiger partial charge in [0.25, 0.3) is 0 Å². The fraction of sp³-hybridized carbons (Fsp3) is 0.478. The molecule has 30 heavy (non-hydrogen) atoms. The van der Waals surface area contributed by atoms with Gasteiger partial charge in [-0.2, -0.15) is 0 Å². The number of carbonyl (C=O) groups is 2. The lowest BCUT2D eigenvalue weighted by Crippen LogP contribution is -2.50. The molecule has 1 fully saturated rings. The number of H-pyrrole nitrogens is 1. The first kappa shape index (κ1) is 21.7. The molecule has 0 unspecified atom stereocenters. The zero-order valence-corrected chi connectivity index (χ0v) is 18.4. The van der Waals surface area contributed by atoms with Crippen molar-refractivity contribution >= 4 is 28.5 Å². The number of anilines is 1. The number of fused-ring (bicyclic) bond motifs is 1. The molecule has 7 nitrogen and oxygen atoms in total. The zero-order chi connectivity index (χ0) is 21.9. The van der Waals surface area contributed by atoms with Gasteiger partial charge in [0.1, 0.15) is 17.8 Å². The molecule has 1 aliphatic carbocycles. The van der Waals surface area contributed by atoms with Crippen LogP contribution >= 0.6 is 0 Å². The van der Waals surface area contributed by atoms with Crippen LogP contribution in [-0.2, 0) is 9.59 Å². The largest absolute Gasteiger partial charge is 0.347 e. The Hall–Kier alpha value is -2.96. The minimum Gasteiger partial charge on any atom is -0.347 e. The molecule has 0 spiro atoms. The van der Waals surface area contributed by atoms with Crippen LogP contribution in [0.1, 0.15) is 60.3 Å². The third kappa shape index (κ3) is 4.45. The molecule has 2 aromatic rings. The molecule has 2 aromatic heterocycles. The van der Waals surface area contributed by atoms with Crippen LogP contribution in [0.5, 0.6) is 0 Å². The van der Waals surface area contributed by atoms with Crippen molar-refractivity contribution in [2.75, 3.05) is 5.32 Å². The van der Waals surface area contributed by atoms with Crippen molar-refractivity contribution in [3.63, 3.8) is 0 Å². The summed E-state index contributed by atoms with van der Waals surface area (Å²) >= 11 is 0. The molecule has 0 atom stereocenters. The van der Waals surface area contributed by atoms with E-state index in [-0.39, 0.29) is 17.2 Å². The monoisotopic (exact) mass is 409 g/mol. The van der Waals surface area contributed by atoms with Crippen molar-refractivity contribution in [1.29, 1.82) is 0 Å². The number of Topliss-reactive ketones (excluding diaryl/α,β-unsaturated/α-hetero) is 1. The number of allylic oxidation sites excluding steroid dienone is 3. The van der Waals surface area contributed by atoms with Gasteiger partial charge in [0, 0.05) is 24.2 Å². The van der Waals surface area contributed by atoms with E-state index in [0.717, 1.165) is 36.6 Å². The van der Waals surface area contributed by atoms with E-state index in [1.54, 1.807) is 19.2 Å². The summed E-state index contributed by atoms with van der Waals surface area (Å²) in [5.41, 5.74) is 2.28. The van der Waals surface area contributed by atoms with Gasteiger partial charge in [-0.3, -0.25) is 9.59 Å². The maximum absolute atomic E-state index is 13.0. The molecule has 0 radical (unpaired) electrons. The summed E-state index contributed by atoms with van der Waals surface area (Å²) in [5, 5.41) is 7.19. The Morgan fingerprint density at radius 2 is 1.87 bits per heavy atom. The number of aromatic amines is 1. The Labute approximate surface area is 177 Å². The van der Waals surface area contributed by atoms with E-state index >= 15 is 0 Å². The number of rotatable bonds is 7. The highest BCUT2D eigenvalue weighted by molar-refractivity contribution is 6.00. The maximum atomic E-state index is 13.0. The third-order valence-corrected chi connectivity index (χ3v) is 6.24. The average molecular weight is 410 g/mol. The smallest absolute Gasteiger partial charge is 0.247 e. The highest BCUT2D eigenvalue weighted by atomic mass is 16.2. The van der Waals surface area contributed by atoms with Crippen molar-refractivity contribution in [2.45, 2.75) is 65.8 Å². The molecular weight excluding hydrogens is 378 g/mol. The molecule has 0 bridgehead atoms. The second kappa shape index (κ2) is 8.81. The Balaban J connectivity index is 1.85. The normalized spacial score (nSPS) is 17.2. The third-order valence-electron chi connectivity index (χ3n) is 6.24. The Morgan fingerprint density at radius 1 is 1.17 bits per heavy atom. The van der Waals surface area contributed by atoms with Gasteiger partial charge < -0.3 is 15.6 Å². The predicted octanol–water partition coefficient (Wildman–Crippen LogP) is 4.26. The van der Waals surface area contributed by atoms with E-state index in [4.69, 9.17) is 0 Å². The second-order valence-electron chi connectivity index (χ2n) is 8.48. The van der Waals surface area contributed by atoms with Crippen LogP contribution in [0.25, 0.3) is 11.0 Å². The molecule has 3 rings (SSSR count). The van der Waals surface area contributed by atoms with E-state index in [1.165, 1.54) is 13.3 Å². The lowest BCUT2D eigenvalue weighted by atomic mass is 9.84. The van der Waals surface area contributed by atoms with Gasteiger partial charge in [-0.05, 0) is 50.3 Å². The maximum Gasteiger partial charge on any atom is 0.247 e. The van der Waals surface area contributed by atoms with Crippen LogP contribution in [0.15, 0.2) is 41.5 Å². The summed E-state index contributed by atoms with van der Waals surface area (Å²) in [6.45, 7) is 9.47. The molecule has 0 aromatic carbocycles. The average Bonchev–Trinajstić information content (AvgIpc) is 3.37. The van der Waals surface area contributed by atoms with E-state index in [0.29, 0.717) is 28.7 Å². The van der Waals surface area contributed by atoms with Gasteiger partial charge in [0.15, 0.2) is 5.78 Å². The van der Waals surface area contributed by atoms with Crippen molar-refractivity contribution in [3.05, 3.63) is 41.5 Å². The molecule has 7 heteroatoms. The summed E-state index contributed by atoms with van der Waals surface area (Å²) in [6, 6.07) is 1.85. The van der Waals surface area contributed by atoms with Crippen molar-refractivity contribution in [1.82, 2.24) is 20.3 Å². The fourth-order valence-corrected chi connectivity index (χ4v) is 4.00. The molecule has 160 valence electrons. The van der Waals surface area contributed by atoms with E-state index < -0.39 is 0 Å². The van der Waals surface area contributed by atoms with E-state index in [9.17, 15) is 9.59 Å². The zero-order valence-electron chi connectivity index (χ0n) is 18.4. The summed E-state index contributed by atoms with van der Waals surface area (Å²) in [4.78, 5) is 36.7. The lowest BCUT2D eigenvalue weighted by molar-refractivity contribution is -0.120. The van der Waals surface area contributed by atoms with Crippen LogP contribution in [0.3, 0.4) is 0 Å². The number of hydrogen-bond donors (Lipinski definition) is 3. The number of amides is 1. The summed E-state index contributed by atoms with van der Waals surface area (Å²) in [6.07, 6.45) is 9.24. The van der Waals surface area contributed by atoms with E-state index in [1.807, 2.05) is 13.0 Å². The van der Waals surface area contributed by atoms with Crippen LogP contribution in [-0.4, -0.2) is 32.2 Å². The van der Waals surface area contributed by atoms with Crippen LogP contribution in [0, 0.1) is 5.92 Å². The highest BCUT2D eigenvalue weighted by Gasteiger charge is 2.38. The number of nitrogens with zero attached hydrogens (tertiary/aromatic N) is 2. The lowest BCUT2D eigenvalue weighted by Gasteiger charge is -2.35. The number of aromatic nitrogens is 3. The summed E-state index contributed by atoms with van der Waals surface area (Å²) in [7, 11) is 0. The number of hydrogen-bond acceptors (Lipinski definition) is 5. The van der Waals surface area contributed by atoms with Crippen molar-refractivity contribution < 1.29 is 9.59 Å². The number of carbonyl (C=O) groups excluding carboxylic acids is 2. The minimum atomic E-state index is -0.140. The Morgan fingerprint density at radius 3 is 2.50 bits per heavy atom. The standard InChI is InChI=1S/C23H31N5O2/c1-14(2)23(9-6-7-10-23)28-22(30)16(4)15(3)12-19(17(5)29)27-21-18-8-11-24-20(18)25-13-26-21/h8,11-14H,6-7,9-10H2,1-5H3,(H,28,30)(H2,24,25,26,27)/b16-15+,19-12+.